The predicted molar refractivity (Wildman–Crippen MR) is 94.6 cm³/mol. The van der Waals surface area contributed by atoms with E-state index in [0.29, 0.717) is 28.0 Å². The molecule has 0 aliphatic carbocycles. The van der Waals surface area contributed by atoms with E-state index in [-0.39, 0.29) is 5.91 Å². The molecule has 0 atom stereocenters. The second-order valence-corrected chi connectivity index (χ2v) is 6.30. The Morgan fingerprint density at radius 3 is 2.67 bits per heavy atom. The van der Waals surface area contributed by atoms with Gasteiger partial charge in [-0.05, 0) is 34.7 Å². The number of halogens is 1. The molecule has 1 N–H and O–H groups in total. The molecule has 0 unspecified atom stereocenters. The average molecular weight is 360 g/mol. The van der Waals surface area contributed by atoms with Crippen LogP contribution >= 0.6 is 23.4 Å². The Hall–Kier alpha value is -2.38. The van der Waals surface area contributed by atoms with Crippen molar-refractivity contribution in [3.8, 4) is 5.69 Å². The van der Waals surface area contributed by atoms with Gasteiger partial charge in [-0.15, -0.1) is 5.10 Å². The van der Waals surface area contributed by atoms with E-state index in [9.17, 15) is 4.79 Å². The maximum Gasteiger partial charge on any atom is 0.225 e. The standard InChI is InChI=1S/C16H14ClN5OS/c17-13-8-4-5-9-14(13)18-15(23)10-11-24-16-19-20-21-22(16)12-6-2-1-3-7-12/h1-9H,10-11H2,(H,18,23). The molecule has 0 bridgehead atoms. The van der Waals surface area contributed by atoms with Crippen LogP contribution in [0.4, 0.5) is 5.69 Å². The zero-order valence-corrected chi connectivity index (χ0v) is 14.2. The SMILES string of the molecule is O=C(CCSc1nnnn1-c1ccccc1)Nc1ccccc1Cl. The van der Waals surface area contributed by atoms with Gasteiger partial charge >= 0.3 is 0 Å². The maximum atomic E-state index is 12.0. The third-order valence-corrected chi connectivity index (χ3v) is 4.40. The Kier molecular flexibility index (Phi) is 5.45. The van der Waals surface area contributed by atoms with Crippen molar-refractivity contribution in [3.63, 3.8) is 0 Å². The van der Waals surface area contributed by atoms with Gasteiger partial charge in [0.05, 0.1) is 16.4 Å². The second kappa shape index (κ2) is 7.94. The van der Waals surface area contributed by atoms with Crippen LogP contribution in [0.2, 0.25) is 5.02 Å². The lowest BCUT2D eigenvalue weighted by atomic mass is 10.3. The van der Waals surface area contributed by atoms with Gasteiger partial charge in [0.15, 0.2) is 0 Å². The van der Waals surface area contributed by atoms with Gasteiger partial charge in [-0.2, -0.15) is 4.68 Å². The quantitative estimate of drug-likeness (QED) is 0.682. The number of rotatable bonds is 6. The van der Waals surface area contributed by atoms with Gasteiger partial charge in [0.25, 0.3) is 0 Å². The Morgan fingerprint density at radius 1 is 1.12 bits per heavy atom. The molecule has 0 fully saturated rings. The highest BCUT2D eigenvalue weighted by Crippen LogP contribution is 2.22. The van der Waals surface area contributed by atoms with E-state index in [1.54, 1.807) is 16.8 Å². The number of anilines is 1. The molecule has 0 spiro atoms. The topological polar surface area (TPSA) is 72.7 Å². The van der Waals surface area contributed by atoms with E-state index in [1.807, 2.05) is 42.5 Å². The van der Waals surface area contributed by atoms with Crippen LogP contribution in [0.5, 0.6) is 0 Å². The number of amides is 1. The van der Waals surface area contributed by atoms with E-state index in [0.717, 1.165) is 5.69 Å². The smallest absolute Gasteiger partial charge is 0.225 e. The number of nitrogens with one attached hydrogen (secondary N) is 1. The molecule has 6 nitrogen and oxygen atoms in total. The average Bonchev–Trinajstić information content (AvgIpc) is 3.06. The number of tetrazole rings is 1. The van der Waals surface area contributed by atoms with E-state index in [1.165, 1.54) is 11.8 Å². The molecule has 0 saturated carbocycles. The summed E-state index contributed by atoms with van der Waals surface area (Å²) in [5, 5.41) is 15.6. The fraction of sp³-hybridized carbons (Fsp3) is 0.125. The van der Waals surface area contributed by atoms with Crippen LogP contribution < -0.4 is 5.32 Å². The van der Waals surface area contributed by atoms with Gasteiger partial charge < -0.3 is 5.32 Å². The van der Waals surface area contributed by atoms with Crippen molar-refractivity contribution in [3.05, 3.63) is 59.6 Å². The molecule has 1 aromatic heterocycles. The Labute approximate surface area is 148 Å². The molecular weight excluding hydrogens is 346 g/mol. The summed E-state index contributed by atoms with van der Waals surface area (Å²) in [6.45, 7) is 0. The summed E-state index contributed by atoms with van der Waals surface area (Å²) >= 11 is 7.45. The molecule has 122 valence electrons. The first-order valence-corrected chi connectivity index (χ1v) is 8.61. The zero-order chi connectivity index (χ0) is 16.8. The Morgan fingerprint density at radius 2 is 1.88 bits per heavy atom. The summed E-state index contributed by atoms with van der Waals surface area (Å²) in [7, 11) is 0. The molecule has 0 aliphatic heterocycles. The van der Waals surface area contributed by atoms with Crippen molar-refractivity contribution < 1.29 is 4.79 Å². The zero-order valence-electron chi connectivity index (χ0n) is 12.6. The first-order valence-electron chi connectivity index (χ1n) is 7.25. The third kappa shape index (κ3) is 4.12. The van der Waals surface area contributed by atoms with E-state index in [2.05, 4.69) is 20.8 Å². The van der Waals surface area contributed by atoms with Crippen molar-refractivity contribution in [2.75, 3.05) is 11.1 Å². The van der Waals surface area contributed by atoms with E-state index >= 15 is 0 Å². The molecule has 3 aromatic rings. The molecule has 8 heteroatoms. The van der Waals surface area contributed by atoms with Crippen LogP contribution in [-0.4, -0.2) is 31.9 Å². The first-order chi connectivity index (χ1) is 11.7. The monoisotopic (exact) mass is 359 g/mol. The van der Waals surface area contributed by atoms with Crippen LogP contribution in [0.3, 0.4) is 0 Å². The number of nitrogens with zero attached hydrogens (tertiary/aromatic N) is 4. The summed E-state index contributed by atoms with van der Waals surface area (Å²) in [5.74, 6) is 0.457. The fourth-order valence-electron chi connectivity index (χ4n) is 2.01. The van der Waals surface area contributed by atoms with Crippen molar-refractivity contribution >= 4 is 35.0 Å². The summed E-state index contributed by atoms with van der Waals surface area (Å²) < 4.78 is 1.65. The molecule has 0 saturated heterocycles. The van der Waals surface area contributed by atoms with Crippen molar-refractivity contribution in [2.24, 2.45) is 0 Å². The molecule has 24 heavy (non-hydrogen) atoms. The van der Waals surface area contributed by atoms with Crippen LogP contribution in [-0.2, 0) is 4.79 Å². The van der Waals surface area contributed by atoms with Gasteiger partial charge in [-0.3, -0.25) is 4.79 Å². The highest BCUT2D eigenvalue weighted by molar-refractivity contribution is 7.99. The second-order valence-electron chi connectivity index (χ2n) is 4.84. The molecule has 1 amide bonds. The molecule has 2 aromatic carbocycles. The molecular formula is C16H14ClN5OS. The van der Waals surface area contributed by atoms with Gasteiger partial charge in [0.2, 0.25) is 11.1 Å². The number of aromatic nitrogens is 4. The number of hydrogen-bond acceptors (Lipinski definition) is 5. The van der Waals surface area contributed by atoms with Crippen LogP contribution in [0.1, 0.15) is 6.42 Å². The van der Waals surface area contributed by atoms with Gasteiger partial charge in [0, 0.05) is 12.2 Å². The molecule has 0 radical (unpaired) electrons. The fourth-order valence-corrected chi connectivity index (χ4v) is 3.02. The van der Waals surface area contributed by atoms with Crippen LogP contribution in [0, 0.1) is 0 Å². The van der Waals surface area contributed by atoms with Gasteiger partial charge in [-0.25, -0.2) is 0 Å². The minimum absolute atomic E-state index is 0.102. The van der Waals surface area contributed by atoms with Crippen LogP contribution in [0.25, 0.3) is 5.69 Å². The normalized spacial score (nSPS) is 10.5. The van der Waals surface area contributed by atoms with E-state index in [4.69, 9.17) is 11.6 Å². The largest absolute Gasteiger partial charge is 0.325 e. The molecule has 0 aliphatic rings. The number of para-hydroxylation sites is 2. The number of hydrogen-bond donors (Lipinski definition) is 1. The molecule has 1 heterocycles. The predicted octanol–water partition coefficient (Wildman–Crippen LogP) is 3.44. The number of benzene rings is 2. The lowest BCUT2D eigenvalue weighted by Gasteiger charge is -2.07. The minimum Gasteiger partial charge on any atom is -0.325 e. The Balaban J connectivity index is 1.55. The van der Waals surface area contributed by atoms with Crippen molar-refractivity contribution in [1.29, 1.82) is 0 Å². The number of thioether (sulfide) groups is 1. The lowest BCUT2D eigenvalue weighted by molar-refractivity contribution is -0.115. The van der Waals surface area contributed by atoms with Crippen LogP contribution in [0.15, 0.2) is 59.8 Å². The first kappa shape index (κ1) is 16.5. The Bertz CT molecular complexity index is 824. The van der Waals surface area contributed by atoms with Gasteiger partial charge in [-0.1, -0.05) is 53.7 Å². The maximum absolute atomic E-state index is 12.0. The highest BCUT2D eigenvalue weighted by atomic mass is 35.5. The highest BCUT2D eigenvalue weighted by Gasteiger charge is 2.10. The van der Waals surface area contributed by atoms with Gasteiger partial charge in [0.1, 0.15) is 0 Å². The lowest BCUT2D eigenvalue weighted by Crippen LogP contribution is -2.12. The molecule has 3 rings (SSSR count). The summed E-state index contributed by atoms with van der Waals surface area (Å²) in [4.78, 5) is 12.0. The third-order valence-electron chi connectivity index (χ3n) is 3.15. The summed E-state index contributed by atoms with van der Waals surface area (Å²) in [5.41, 5.74) is 1.49. The van der Waals surface area contributed by atoms with Crippen molar-refractivity contribution in [1.82, 2.24) is 20.2 Å². The summed E-state index contributed by atoms with van der Waals surface area (Å²) in [6, 6.07) is 16.8. The van der Waals surface area contributed by atoms with E-state index < -0.39 is 0 Å². The van der Waals surface area contributed by atoms with Crippen molar-refractivity contribution in [2.45, 2.75) is 11.6 Å². The number of carbonyl (C=O) groups excluding carboxylic acids is 1. The summed E-state index contributed by atoms with van der Waals surface area (Å²) in [6.07, 6.45) is 0.331. The minimum atomic E-state index is -0.102. The number of carbonyl (C=O) groups is 1.